The summed E-state index contributed by atoms with van der Waals surface area (Å²) in [5.74, 6) is 0.771. The zero-order valence-corrected chi connectivity index (χ0v) is 11.6. The maximum Gasteiger partial charge on any atom is 0.186 e. The smallest absolute Gasteiger partial charge is 0.186 e. The van der Waals surface area contributed by atoms with Crippen LogP contribution in [-0.2, 0) is 4.43 Å². The van der Waals surface area contributed by atoms with Crippen LogP contribution in [0.2, 0.25) is 19.1 Å². The van der Waals surface area contributed by atoms with Gasteiger partial charge in [-0.2, -0.15) is 0 Å². The third-order valence-electron chi connectivity index (χ3n) is 3.24. The molecule has 0 saturated carbocycles. The Kier molecular flexibility index (Phi) is 5.86. The van der Waals surface area contributed by atoms with Crippen LogP contribution >= 0.6 is 0 Å². The number of unbranched alkanes of at least 4 members (excludes halogenated alkanes) is 1. The van der Waals surface area contributed by atoms with E-state index in [2.05, 4.69) is 25.3 Å². The molecule has 1 fully saturated rings. The lowest BCUT2D eigenvalue weighted by molar-refractivity contribution is 0.210. The molecule has 1 aliphatic rings. The van der Waals surface area contributed by atoms with Gasteiger partial charge in [0.05, 0.1) is 0 Å². The van der Waals surface area contributed by atoms with Crippen molar-refractivity contribution >= 4 is 8.32 Å². The number of piperidine rings is 1. The van der Waals surface area contributed by atoms with Gasteiger partial charge in [0.15, 0.2) is 8.32 Å². The maximum absolute atomic E-state index is 6.17. The molecule has 1 saturated heterocycles. The highest BCUT2D eigenvalue weighted by atomic mass is 28.4. The summed E-state index contributed by atoms with van der Waals surface area (Å²) in [7, 11) is -1.34. The molecule has 1 N–H and O–H groups in total. The Labute approximate surface area is 95.9 Å². The topological polar surface area (TPSA) is 21.3 Å². The number of hydrogen-bond donors (Lipinski definition) is 1. The van der Waals surface area contributed by atoms with Crippen LogP contribution < -0.4 is 5.32 Å². The molecule has 0 radical (unpaired) electrons. The lowest BCUT2D eigenvalue weighted by Crippen LogP contribution is -2.37. The van der Waals surface area contributed by atoms with Gasteiger partial charge in [0.2, 0.25) is 0 Å². The van der Waals surface area contributed by atoms with Crippen molar-refractivity contribution in [2.24, 2.45) is 5.92 Å². The normalized spacial score (nSPS) is 23.0. The molecule has 2 nitrogen and oxygen atoms in total. The van der Waals surface area contributed by atoms with Crippen LogP contribution in [0.3, 0.4) is 0 Å². The average molecular weight is 229 g/mol. The van der Waals surface area contributed by atoms with E-state index in [-0.39, 0.29) is 0 Å². The predicted molar refractivity (Wildman–Crippen MR) is 68.7 cm³/mol. The first kappa shape index (κ1) is 13.2. The van der Waals surface area contributed by atoms with Gasteiger partial charge < -0.3 is 9.74 Å². The molecule has 0 amide bonds. The van der Waals surface area contributed by atoms with E-state index in [1.54, 1.807) is 0 Å². The zero-order chi connectivity index (χ0) is 11.1. The van der Waals surface area contributed by atoms with Crippen LogP contribution in [0.1, 0.15) is 32.6 Å². The van der Waals surface area contributed by atoms with Crippen molar-refractivity contribution in [3.05, 3.63) is 0 Å². The fourth-order valence-electron chi connectivity index (χ4n) is 2.08. The summed E-state index contributed by atoms with van der Waals surface area (Å²) in [6.45, 7) is 10.3. The minimum atomic E-state index is -1.34. The molecule has 0 bridgehead atoms. The Morgan fingerprint density at radius 3 is 2.80 bits per heavy atom. The quantitative estimate of drug-likeness (QED) is 0.707. The number of nitrogens with one attached hydrogen (secondary N) is 1. The molecule has 90 valence electrons. The van der Waals surface area contributed by atoms with E-state index in [1.165, 1.54) is 38.3 Å². The highest BCUT2D eigenvalue weighted by Gasteiger charge is 2.23. The van der Waals surface area contributed by atoms with Crippen LogP contribution in [0.4, 0.5) is 0 Å². The van der Waals surface area contributed by atoms with Crippen molar-refractivity contribution in [1.29, 1.82) is 0 Å². The predicted octanol–water partition coefficient (Wildman–Crippen LogP) is 3.01. The first-order valence-electron chi connectivity index (χ1n) is 6.49. The zero-order valence-electron chi connectivity index (χ0n) is 10.6. The molecule has 1 atom stereocenters. The molecule has 0 aromatic heterocycles. The fraction of sp³-hybridized carbons (Fsp3) is 1.00. The van der Waals surface area contributed by atoms with E-state index >= 15 is 0 Å². The summed E-state index contributed by atoms with van der Waals surface area (Å²) in [5.41, 5.74) is 0. The fourth-order valence-corrected chi connectivity index (χ4v) is 4.12. The highest BCUT2D eigenvalue weighted by Crippen LogP contribution is 2.18. The van der Waals surface area contributed by atoms with Crippen molar-refractivity contribution < 1.29 is 4.43 Å². The summed E-state index contributed by atoms with van der Waals surface area (Å²) in [6, 6.07) is 1.32. The first-order valence-corrected chi connectivity index (χ1v) is 9.60. The van der Waals surface area contributed by atoms with Crippen molar-refractivity contribution in [3.63, 3.8) is 0 Å². The van der Waals surface area contributed by atoms with Gasteiger partial charge in [-0.15, -0.1) is 0 Å². The lowest BCUT2D eigenvalue weighted by Gasteiger charge is -2.28. The second-order valence-corrected chi connectivity index (χ2v) is 9.69. The largest absolute Gasteiger partial charge is 0.417 e. The molecule has 1 aliphatic heterocycles. The molecule has 0 aromatic rings. The van der Waals surface area contributed by atoms with Crippen molar-refractivity contribution in [2.75, 3.05) is 19.7 Å². The number of hydrogen-bond acceptors (Lipinski definition) is 2. The van der Waals surface area contributed by atoms with Gasteiger partial charge in [0, 0.05) is 13.2 Å². The molecule has 0 aromatic carbocycles. The summed E-state index contributed by atoms with van der Waals surface area (Å²) < 4.78 is 6.17. The lowest BCUT2D eigenvalue weighted by atomic mass is 10.0. The van der Waals surface area contributed by atoms with Crippen LogP contribution in [0.25, 0.3) is 0 Å². The molecular weight excluding hydrogens is 202 g/mol. The Morgan fingerprint density at radius 1 is 1.40 bits per heavy atom. The molecule has 15 heavy (non-hydrogen) atoms. The maximum atomic E-state index is 6.17. The average Bonchev–Trinajstić information content (AvgIpc) is 2.25. The van der Waals surface area contributed by atoms with E-state index in [9.17, 15) is 0 Å². The van der Waals surface area contributed by atoms with Crippen LogP contribution in [0, 0.1) is 5.92 Å². The molecule has 1 rings (SSSR count). The Balaban J connectivity index is 2.15. The molecule has 0 spiro atoms. The summed E-state index contributed by atoms with van der Waals surface area (Å²) in [5, 5.41) is 3.45. The standard InChI is InChI=1S/C12H27NOSi/c1-4-5-9-15(2,3)14-11-12-7-6-8-13-10-12/h12-13H,4-11H2,1-3H3. The van der Waals surface area contributed by atoms with E-state index in [1.807, 2.05) is 0 Å². The van der Waals surface area contributed by atoms with Crippen LogP contribution in [0.15, 0.2) is 0 Å². The Bertz CT molecular complexity index is 167. The molecule has 1 unspecified atom stereocenters. The van der Waals surface area contributed by atoms with Crippen molar-refractivity contribution in [1.82, 2.24) is 5.32 Å². The van der Waals surface area contributed by atoms with Gasteiger partial charge >= 0.3 is 0 Å². The van der Waals surface area contributed by atoms with E-state index in [0.717, 1.165) is 19.1 Å². The van der Waals surface area contributed by atoms with Gasteiger partial charge in [-0.05, 0) is 44.4 Å². The Hall–Kier alpha value is 0.137. The summed E-state index contributed by atoms with van der Waals surface area (Å²) in [6.07, 6.45) is 5.31. The van der Waals surface area contributed by atoms with E-state index in [4.69, 9.17) is 4.43 Å². The molecule has 1 heterocycles. The highest BCUT2D eigenvalue weighted by molar-refractivity contribution is 6.71. The third kappa shape index (κ3) is 5.69. The molecular formula is C12H27NOSi. The molecule has 3 heteroatoms. The van der Waals surface area contributed by atoms with Crippen LogP contribution in [-0.4, -0.2) is 28.0 Å². The second kappa shape index (κ2) is 6.66. The van der Waals surface area contributed by atoms with Gasteiger partial charge in [0.1, 0.15) is 0 Å². The van der Waals surface area contributed by atoms with Gasteiger partial charge in [0.25, 0.3) is 0 Å². The van der Waals surface area contributed by atoms with Crippen molar-refractivity contribution in [3.8, 4) is 0 Å². The van der Waals surface area contributed by atoms with Gasteiger partial charge in [-0.1, -0.05) is 19.8 Å². The van der Waals surface area contributed by atoms with E-state index < -0.39 is 8.32 Å². The third-order valence-corrected chi connectivity index (χ3v) is 5.75. The second-order valence-electron chi connectivity index (χ2n) is 5.39. The van der Waals surface area contributed by atoms with Gasteiger partial charge in [-0.25, -0.2) is 0 Å². The first-order chi connectivity index (χ1) is 7.14. The van der Waals surface area contributed by atoms with Crippen molar-refractivity contribution in [2.45, 2.75) is 51.7 Å². The minimum Gasteiger partial charge on any atom is -0.417 e. The summed E-state index contributed by atoms with van der Waals surface area (Å²) in [4.78, 5) is 0. The Morgan fingerprint density at radius 2 is 2.20 bits per heavy atom. The summed E-state index contributed by atoms with van der Waals surface area (Å²) >= 11 is 0. The minimum absolute atomic E-state index is 0.771. The van der Waals surface area contributed by atoms with E-state index in [0.29, 0.717) is 0 Å². The molecule has 0 aliphatic carbocycles. The monoisotopic (exact) mass is 229 g/mol. The number of rotatable bonds is 6. The van der Waals surface area contributed by atoms with Gasteiger partial charge in [-0.3, -0.25) is 0 Å². The van der Waals surface area contributed by atoms with Crippen LogP contribution in [0.5, 0.6) is 0 Å². The SMILES string of the molecule is CCCC[Si](C)(C)OCC1CCCNC1.